The third-order valence-corrected chi connectivity index (χ3v) is 4.54. The normalized spacial score (nSPS) is 12.3. The maximum Gasteiger partial charge on any atom is 0.335 e. The first-order valence-electron chi connectivity index (χ1n) is 5.98. The van der Waals surface area contributed by atoms with Crippen LogP contribution in [-0.4, -0.2) is 11.1 Å². The molecule has 19 heavy (non-hydrogen) atoms. The Labute approximate surface area is 115 Å². The second kappa shape index (κ2) is 4.31. The quantitative estimate of drug-likeness (QED) is 0.696. The van der Waals surface area contributed by atoms with Crippen LogP contribution in [0.4, 0.5) is 11.4 Å². The van der Waals surface area contributed by atoms with Crippen LogP contribution < -0.4 is 5.32 Å². The van der Waals surface area contributed by atoms with Crippen LogP contribution in [0.3, 0.4) is 0 Å². The number of carbonyl (C=O) groups is 1. The smallest absolute Gasteiger partial charge is 0.335 e. The highest BCUT2D eigenvalue weighted by Gasteiger charge is 2.19. The zero-order chi connectivity index (χ0) is 13.6. The van der Waals surface area contributed by atoms with Crippen LogP contribution in [0.5, 0.6) is 0 Å². The highest BCUT2D eigenvalue weighted by molar-refractivity contribution is 7.99. The molecule has 1 aliphatic rings. The summed E-state index contributed by atoms with van der Waals surface area (Å²) < 4.78 is 0. The molecule has 0 saturated heterocycles. The van der Waals surface area contributed by atoms with Gasteiger partial charge in [0.25, 0.3) is 0 Å². The Bertz CT molecular complexity index is 695. The molecule has 2 N–H and O–H groups in total. The lowest BCUT2D eigenvalue weighted by atomic mass is 10.1. The van der Waals surface area contributed by atoms with E-state index >= 15 is 0 Å². The Hall–Kier alpha value is -1.94. The van der Waals surface area contributed by atoms with Gasteiger partial charge >= 0.3 is 5.97 Å². The van der Waals surface area contributed by atoms with E-state index < -0.39 is 5.97 Å². The van der Waals surface area contributed by atoms with Crippen molar-refractivity contribution in [1.29, 1.82) is 0 Å². The summed E-state index contributed by atoms with van der Waals surface area (Å²) in [5, 5.41) is 12.4. The Kier molecular flexibility index (Phi) is 2.75. The zero-order valence-electron chi connectivity index (χ0n) is 10.7. The molecule has 96 valence electrons. The number of fused-ring (bicyclic) bond motifs is 2. The first-order valence-corrected chi connectivity index (χ1v) is 6.80. The van der Waals surface area contributed by atoms with Crippen molar-refractivity contribution < 1.29 is 9.90 Å². The van der Waals surface area contributed by atoms with Crippen LogP contribution >= 0.6 is 11.8 Å². The molecule has 0 spiro atoms. The van der Waals surface area contributed by atoms with Crippen molar-refractivity contribution in [2.45, 2.75) is 23.6 Å². The topological polar surface area (TPSA) is 49.3 Å². The molecule has 0 atom stereocenters. The number of nitrogens with one attached hydrogen (secondary N) is 1. The first kappa shape index (κ1) is 12.1. The number of hydrogen-bond acceptors (Lipinski definition) is 3. The van der Waals surface area contributed by atoms with Gasteiger partial charge in [0.2, 0.25) is 0 Å². The van der Waals surface area contributed by atoms with Crippen molar-refractivity contribution in [2.24, 2.45) is 0 Å². The van der Waals surface area contributed by atoms with E-state index in [1.54, 1.807) is 23.9 Å². The second-order valence-electron chi connectivity index (χ2n) is 4.62. The summed E-state index contributed by atoms with van der Waals surface area (Å²) in [6, 6.07) is 9.40. The molecule has 4 heteroatoms. The van der Waals surface area contributed by atoms with E-state index in [2.05, 4.69) is 31.3 Å². The molecule has 0 aliphatic carbocycles. The minimum Gasteiger partial charge on any atom is -0.478 e. The molecular weight excluding hydrogens is 258 g/mol. The van der Waals surface area contributed by atoms with Gasteiger partial charge in [-0.15, -0.1) is 0 Å². The average molecular weight is 271 g/mol. The molecule has 0 aromatic heterocycles. The summed E-state index contributed by atoms with van der Waals surface area (Å²) in [6.07, 6.45) is 0. The Morgan fingerprint density at radius 2 is 1.89 bits per heavy atom. The summed E-state index contributed by atoms with van der Waals surface area (Å²) in [5.41, 5.74) is 4.69. The first-order chi connectivity index (χ1) is 9.06. The minimum absolute atomic E-state index is 0.306. The van der Waals surface area contributed by atoms with Crippen LogP contribution in [0.1, 0.15) is 21.5 Å². The van der Waals surface area contributed by atoms with Crippen LogP contribution in [0, 0.1) is 13.8 Å². The SMILES string of the molecule is Cc1ccc2c(c1C)Nc1cc(C(=O)O)ccc1S2. The summed E-state index contributed by atoms with van der Waals surface area (Å²) in [7, 11) is 0. The van der Waals surface area contributed by atoms with Crippen LogP contribution in [-0.2, 0) is 0 Å². The van der Waals surface area contributed by atoms with Gasteiger partial charge in [0, 0.05) is 9.79 Å². The number of aromatic carboxylic acids is 1. The van der Waals surface area contributed by atoms with Crippen LogP contribution in [0.2, 0.25) is 0 Å². The predicted molar refractivity (Wildman–Crippen MR) is 76.7 cm³/mol. The van der Waals surface area contributed by atoms with E-state index in [9.17, 15) is 4.79 Å². The number of aryl methyl sites for hydroxylation is 1. The monoisotopic (exact) mass is 271 g/mol. The lowest BCUT2D eigenvalue weighted by Gasteiger charge is -2.23. The molecule has 0 saturated carbocycles. The molecule has 0 amide bonds. The fraction of sp³-hybridized carbons (Fsp3) is 0.133. The van der Waals surface area contributed by atoms with Crippen molar-refractivity contribution in [3.63, 3.8) is 0 Å². The van der Waals surface area contributed by atoms with E-state index in [-0.39, 0.29) is 0 Å². The van der Waals surface area contributed by atoms with Gasteiger partial charge < -0.3 is 10.4 Å². The Morgan fingerprint density at radius 3 is 2.63 bits per heavy atom. The fourth-order valence-electron chi connectivity index (χ4n) is 2.13. The number of benzene rings is 2. The van der Waals surface area contributed by atoms with Gasteiger partial charge in [0.05, 0.1) is 16.9 Å². The maximum atomic E-state index is 11.0. The van der Waals surface area contributed by atoms with E-state index in [4.69, 9.17) is 5.11 Å². The highest BCUT2D eigenvalue weighted by atomic mass is 32.2. The largest absolute Gasteiger partial charge is 0.478 e. The minimum atomic E-state index is -0.902. The van der Waals surface area contributed by atoms with Gasteiger partial charge in [0.1, 0.15) is 0 Å². The summed E-state index contributed by atoms with van der Waals surface area (Å²) in [6.45, 7) is 4.15. The molecule has 0 bridgehead atoms. The molecule has 3 nitrogen and oxygen atoms in total. The molecule has 1 heterocycles. The van der Waals surface area contributed by atoms with Gasteiger partial charge in [-0.2, -0.15) is 0 Å². The van der Waals surface area contributed by atoms with Crippen molar-refractivity contribution in [2.75, 3.05) is 5.32 Å². The molecule has 2 aromatic carbocycles. The molecule has 3 rings (SSSR count). The van der Waals surface area contributed by atoms with Crippen molar-refractivity contribution in [1.82, 2.24) is 0 Å². The van der Waals surface area contributed by atoms with Crippen LogP contribution in [0.25, 0.3) is 0 Å². The highest BCUT2D eigenvalue weighted by Crippen LogP contribution is 2.46. The number of anilines is 2. The molecule has 1 aliphatic heterocycles. The molecule has 2 aromatic rings. The van der Waals surface area contributed by atoms with Crippen LogP contribution in [0.15, 0.2) is 40.1 Å². The third kappa shape index (κ3) is 1.98. The van der Waals surface area contributed by atoms with E-state index in [0.29, 0.717) is 5.56 Å². The van der Waals surface area contributed by atoms with Gasteiger partial charge in [-0.05, 0) is 49.2 Å². The third-order valence-electron chi connectivity index (χ3n) is 3.40. The van der Waals surface area contributed by atoms with E-state index in [1.165, 1.54) is 16.0 Å². The zero-order valence-corrected chi connectivity index (χ0v) is 11.5. The van der Waals surface area contributed by atoms with Crippen molar-refractivity contribution >= 4 is 29.1 Å². The van der Waals surface area contributed by atoms with E-state index in [1.807, 2.05) is 6.07 Å². The van der Waals surface area contributed by atoms with E-state index in [0.717, 1.165) is 16.3 Å². The number of rotatable bonds is 1. The number of carboxylic acids is 1. The van der Waals surface area contributed by atoms with Crippen molar-refractivity contribution in [3.8, 4) is 0 Å². The van der Waals surface area contributed by atoms with Gasteiger partial charge in [-0.25, -0.2) is 4.79 Å². The molecular formula is C15H13NO2S. The number of hydrogen-bond donors (Lipinski definition) is 2. The summed E-state index contributed by atoms with van der Waals surface area (Å²) >= 11 is 1.67. The molecule has 0 fully saturated rings. The lowest BCUT2D eigenvalue weighted by Crippen LogP contribution is -2.05. The summed E-state index contributed by atoms with van der Waals surface area (Å²) in [5.74, 6) is -0.902. The summed E-state index contributed by atoms with van der Waals surface area (Å²) in [4.78, 5) is 13.3. The molecule has 0 unspecified atom stereocenters. The second-order valence-corrected chi connectivity index (χ2v) is 5.71. The number of carboxylic acid groups (broad SMARTS) is 1. The van der Waals surface area contributed by atoms with Crippen molar-refractivity contribution in [3.05, 3.63) is 47.0 Å². The fourth-order valence-corrected chi connectivity index (χ4v) is 3.17. The Morgan fingerprint density at radius 1 is 1.16 bits per heavy atom. The predicted octanol–water partition coefficient (Wildman–Crippen LogP) is 4.21. The average Bonchev–Trinajstić information content (AvgIpc) is 2.41. The van der Waals surface area contributed by atoms with Gasteiger partial charge in [0.15, 0.2) is 0 Å². The Balaban J connectivity index is 2.10. The van der Waals surface area contributed by atoms with Gasteiger partial charge in [-0.1, -0.05) is 17.8 Å². The molecule has 0 radical (unpaired) electrons. The van der Waals surface area contributed by atoms with Gasteiger partial charge in [-0.3, -0.25) is 0 Å². The maximum absolute atomic E-state index is 11.0. The standard InChI is InChI=1S/C15H13NO2S/c1-8-3-5-13-14(9(8)2)16-11-7-10(15(17)18)4-6-12(11)19-13/h3-7,16H,1-2H3,(H,17,18). The lowest BCUT2D eigenvalue weighted by molar-refractivity contribution is 0.0697.